The van der Waals surface area contributed by atoms with Crippen LogP contribution in [-0.2, 0) is 14.3 Å². The highest BCUT2D eigenvalue weighted by molar-refractivity contribution is 7.86. The van der Waals surface area contributed by atoms with Crippen LogP contribution in [0.2, 0.25) is 19.6 Å². The maximum Gasteiger partial charge on any atom is 0.413 e. The van der Waals surface area contributed by atoms with E-state index in [0.29, 0.717) is 5.75 Å². The lowest BCUT2D eigenvalue weighted by Gasteiger charge is -2.22. The Kier molecular flexibility index (Phi) is 8.40. The van der Waals surface area contributed by atoms with E-state index in [0.717, 1.165) is 11.3 Å². The number of benzene rings is 1. The molecule has 1 rings (SSSR count). The van der Waals surface area contributed by atoms with Crippen LogP contribution in [0.4, 0.5) is 18.9 Å². The summed E-state index contributed by atoms with van der Waals surface area (Å²) in [5.74, 6) is 3.24. The van der Waals surface area contributed by atoms with Crippen LogP contribution in [0.25, 0.3) is 0 Å². The molecule has 0 heterocycles. The Hall–Kier alpha value is -1.70. The third-order valence-electron chi connectivity index (χ3n) is 3.46. The molecule has 10 heteroatoms. The number of anilines is 1. The van der Waals surface area contributed by atoms with Crippen molar-refractivity contribution in [3.8, 4) is 17.2 Å². The first-order valence-corrected chi connectivity index (χ1v) is 13.7. The van der Waals surface area contributed by atoms with Crippen LogP contribution < -0.4 is 9.64 Å². The molecule has 0 aliphatic carbocycles. The minimum atomic E-state index is -4.69. The zero-order chi connectivity index (χ0) is 21.6. The van der Waals surface area contributed by atoms with E-state index >= 15 is 0 Å². The predicted molar refractivity (Wildman–Crippen MR) is 107 cm³/mol. The van der Waals surface area contributed by atoms with Crippen molar-refractivity contribution in [2.75, 3.05) is 38.0 Å². The van der Waals surface area contributed by atoms with Crippen molar-refractivity contribution in [3.05, 3.63) is 23.8 Å². The van der Waals surface area contributed by atoms with Crippen molar-refractivity contribution >= 4 is 23.9 Å². The lowest BCUT2D eigenvalue weighted by Crippen LogP contribution is -2.25. The van der Waals surface area contributed by atoms with Gasteiger partial charge in [0.15, 0.2) is 6.61 Å². The Morgan fingerprint density at radius 1 is 1.21 bits per heavy atom. The molecule has 28 heavy (non-hydrogen) atoms. The molecule has 0 amide bonds. The van der Waals surface area contributed by atoms with Gasteiger partial charge in [-0.15, -0.1) is 5.54 Å². The smallest absolute Gasteiger partial charge is 0.413 e. The highest BCUT2D eigenvalue weighted by Crippen LogP contribution is 2.28. The standard InChI is InChI=1S/C18H26F3NO4SSi/c1-22(10-6-11-27(23,24)26-14-18(19,20)21)16-13-15(7-8-17(16)25-2)9-12-28(3,4)5/h7-8,13H,6,10-11,14H2,1-5H3. The van der Waals surface area contributed by atoms with Crippen LogP contribution in [0.15, 0.2) is 18.2 Å². The minimum Gasteiger partial charge on any atom is -0.495 e. The lowest BCUT2D eigenvalue weighted by molar-refractivity contribution is -0.152. The Morgan fingerprint density at radius 2 is 1.86 bits per heavy atom. The number of hydrogen-bond donors (Lipinski definition) is 0. The molecule has 0 saturated heterocycles. The van der Waals surface area contributed by atoms with Gasteiger partial charge in [-0.25, -0.2) is 0 Å². The van der Waals surface area contributed by atoms with E-state index in [4.69, 9.17) is 4.74 Å². The van der Waals surface area contributed by atoms with Gasteiger partial charge in [-0.05, 0) is 24.6 Å². The molecule has 5 nitrogen and oxygen atoms in total. The van der Waals surface area contributed by atoms with Crippen LogP contribution in [0.1, 0.15) is 12.0 Å². The van der Waals surface area contributed by atoms with Crippen LogP contribution in [0.5, 0.6) is 5.75 Å². The van der Waals surface area contributed by atoms with Gasteiger partial charge in [0, 0.05) is 19.2 Å². The molecule has 1 aromatic carbocycles. The topological polar surface area (TPSA) is 55.8 Å². The maximum atomic E-state index is 12.1. The first kappa shape index (κ1) is 24.3. The van der Waals surface area contributed by atoms with Crippen LogP contribution in [0.3, 0.4) is 0 Å². The van der Waals surface area contributed by atoms with Crippen molar-refractivity contribution in [1.29, 1.82) is 0 Å². The summed E-state index contributed by atoms with van der Waals surface area (Å²) >= 11 is 0. The molecule has 0 unspecified atom stereocenters. The molecule has 0 aliphatic rings. The van der Waals surface area contributed by atoms with Crippen molar-refractivity contribution < 1.29 is 30.5 Å². The van der Waals surface area contributed by atoms with E-state index in [9.17, 15) is 21.6 Å². The summed E-state index contributed by atoms with van der Waals surface area (Å²) in [6.45, 7) is 4.89. The number of methoxy groups -OCH3 is 1. The Balaban J connectivity index is 2.80. The fraction of sp³-hybridized carbons (Fsp3) is 0.556. The lowest BCUT2D eigenvalue weighted by atomic mass is 10.2. The molecule has 158 valence electrons. The molecule has 0 atom stereocenters. The van der Waals surface area contributed by atoms with Gasteiger partial charge in [-0.1, -0.05) is 25.6 Å². The second kappa shape index (κ2) is 9.67. The SMILES string of the molecule is COc1ccc(C#C[Si](C)(C)C)cc1N(C)CCCS(=O)(=O)OCC(F)(F)F. The molecule has 0 spiro atoms. The van der Waals surface area contributed by atoms with Crippen molar-refractivity contribution in [2.24, 2.45) is 0 Å². The second-order valence-electron chi connectivity index (χ2n) is 7.30. The third kappa shape index (κ3) is 9.48. The zero-order valence-electron chi connectivity index (χ0n) is 16.7. The molecule has 0 N–H and O–H groups in total. The van der Waals surface area contributed by atoms with Gasteiger partial charge in [0.2, 0.25) is 0 Å². The molecular formula is C18H26F3NO4SSi. The van der Waals surface area contributed by atoms with Gasteiger partial charge in [-0.2, -0.15) is 21.6 Å². The number of halogens is 3. The average molecular weight is 438 g/mol. The molecule has 1 aromatic rings. The van der Waals surface area contributed by atoms with E-state index in [-0.39, 0.29) is 13.0 Å². The van der Waals surface area contributed by atoms with Crippen molar-refractivity contribution in [3.63, 3.8) is 0 Å². The highest BCUT2D eigenvalue weighted by atomic mass is 32.2. The minimum absolute atomic E-state index is 0.102. The monoisotopic (exact) mass is 437 g/mol. The Bertz CT molecular complexity index is 824. The number of alkyl halides is 3. The van der Waals surface area contributed by atoms with E-state index in [1.165, 1.54) is 7.11 Å². The summed E-state index contributed by atoms with van der Waals surface area (Å²) in [5.41, 5.74) is 4.80. The van der Waals surface area contributed by atoms with Gasteiger partial charge in [-0.3, -0.25) is 4.18 Å². The molecule has 0 aromatic heterocycles. The summed E-state index contributed by atoms with van der Waals surface area (Å²) in [6.07, 6.45) is -4.58. The van der Waals surface area contributed by atoms with Gasteiger partial charge < -0.3 is 9.64 Å². The number of hydrogen-bond acceptors (Lipinski definition) is 5. The first-order valence-electron chi connectivity index (χ1n) is 8.59. The summed E-state index contributed by atoms with van der Waals surface area (Å²) in [7, 11) is -2.50. The second-order valence-corrected chi connectivity index (χ2v) is 13.8. The van der Waals surface area contributed by atoms with E-state index in [2.05, 4.69) is 35.3 Å². The number of ether oxygens (including phenoxy) is 1. The largest absolute Gasteiger partial charge is 0.495 e. The van der Waals surface area contributed by atoms with Crippen LogP contribution >= 0.6 is 0 Å². The maximum absolute atomic E-state index is 12.1. The summed E-state index contributed by atoms with van der Waals surface area (Å²) in [4.78, 5) is 1.78. The highest BCUT2D eigenvalue weighted by Gasteiger charge is 2.30. The van der Waals surface area contributed by atoms with Gasteiger partial charge in [0.05, 0.1) is 18.6 Å². The Morgan fingerprint density at radius 3 is 2.39 bits per heavy atom. The summed E-state index contributed by atoms with van der Waals surface area (Å²) < 4.78 is 68.8. The van der Waals surface area contributed by atoms with E-state index < -0.39 is 36.7 Å². The fourth-order valence-electron chi connectivity index (χ4n) is 2.14. The third-order valence-corrected chi connectivity index (χ3v) is 5.60. The van der Waals surface area contributed by atoms with Gasteiger partial charge in [0.1, 0.15) is 13.8 Å². The van der Waals surface area contributed by atoms with Gasteiger partial charge in [0.25, 0.3) is 10.1 Å². The zero-order valence-corrected chi connectivity index (χ0v) is 18.5. The van der Waals surface area contributed by atoms with E-state index in [1.54, 1.807) is 18.0 Å². The summed E-state index contributed by atoms with van der Waals surface area (Å²) in [5, 5.41) is 0. The quantitative estimate of drug-likeness (QED) is 0.353. The van der Waals surface area contributed by atoms with Gasteiger partial charge >= 0.3 is 6.18 Å². The molecule has 0 bridgehead atoms. The van der Waals surface area contributed by atoms with Crippen molar-refractivity contribution in [2.45, 2.75) is 32.2 Å². The molecule has 0 fully saturated rings. The predicted octanol–water partition coefficient (Wildman–Crippen LogP) is 3.66. The normalized spacial score (nSPS) is 12.3. The van der Waals surface area contributed by atoms with Crippen LogP contribution in [-0.4, -0.2) is 55.7 Å². The molecule has 0 radical (unpaired) electrons. The molecular weight excluding hydrogens is 411 g/mol. The Labute approximate surface area is 166 Å². The average Bonchev–Trinajstić information content (AvgIpc) is 2.56. The first-order chi connectivity index (χ1) is 12.7. The summed E-state index contributed by atoms with van der Waals surface area (Å²) in [6, 6.07) is 5.47. The van der Waals surface area contributed by atoms with Crippen LogP contribution in [0, 0.1) is 11.5 Å². The fourth-order valence-corrected chi connectivity index (χ4v) is 3.57. The molecule has 0 saturated carbocycles. The van der Waals surface area contributed by atoms with E-state index in [1.807, 2.05) is 12.1 Å². The number of nitrogens with zero attached hydrogens (tertiary/aromatic N) is 1. The van der Waals surface area contributed by atoms with Crippen molar-refractivity contribution in [1.82, 2.24) is 0 Å². The number of rotatable bonds is 8. The molecule has 0 aliphatic heterocycles.